The predicted molar refractivity (Wildman–Crippen MR) is 53.6 cm³/mol. The number of hydrogen-bond acceptors (Lipinski definition) is 3. The van der Waals surface area contributed by atoms with E-state index in [9.17, 15) is 13.5 Å². The Balaban J connectivity index is 2.63. The van der Waals surface area contributed by atoms with Crippen LogP contribution in [-0.4, -0.2) is 26.3 Å². The third-order valence-corrected chi connectivity index (χ3v) is 4.19. The van der Waals surface area contributed by atoms with Gasteiger partial charge in [0.25, 0.3) is 0 Å². The van der Waals surface area contributed by atoms with Crippen molar-refractivity contribution in [2.45, 2.75) is 6.10 Å². The van der Waals surface area contributed by atoms with Crippen LogP contribution in [0.5, 0.6) is 0 Å². The van der Waals surface area contributed by atoms with E-state index in [1.165, 1.54) is 11.4 Å². The largest absolute Gasteiger partial charge is 0.387 e. The minimum atomic E-state index is -3.34. The smallest absolute Gasteiger partial charge is 0.237 e. The molecule has 14 heavy (non-hydrogen) atoms. The van der Waals surface area contributed by atoms with Crippen LogP contribution in [0.3, 0.4) is 0 Å². The Morgan fingerprint density at radius 1 is 1.43 bits per heavy atom. The predicted octanol–water partition coefficient (Wildman–Crippen LogP) is 0.500. The molecule has 0 radical (unpaired) electrons. The van der Waals surface area contributed by atoms with Crippen molar-refractivity contribution in [3.8, 4) is 0 Å². The van der Waals surface area contributed by atoms with Gasteiger partial charge in [0.05, 0.1) is 17.5 Å². The lowest BCUT2D eigenvalue weighted by molar-refractivity contribution is 0.200. The van der Waals surface area contributed by atoms with Gasteiger partial charge in [0.15, 0.2) is 0 Å². The second-order valence-corrected chi connectivity index (χ2v) is 5.37. The summed E-state index contributed by atoms with van der Waals surface area (Å²) in [5.41, 5.74) is 1.23. The molecule has 0 bridgehead atoms. The molecule has 1 atom stereocenters. The summed E-state index contributed by atoms with van der Waals surface area (Å²) in [6.45, 7) is 0. The van der Waals surface area contributed by atoms with Gasteiger partial charge in [-0.3, -0.25) is 4.31 Å². The number of para-hydroxylation sites is 1. The lowest BCUT2D eigenvalue weighted by Gasteiger charge is -2.29. The van der Waals surface area contributed by atoms with E-state index in [0.717, 1.165) is 0 Å². The molecule has 1 aromatic carbocycles. The first-order chi connectivity index (χ1) is 6.52. The standard InChI is InChI=1S/C9H11NO3S/c1-10-8-5-3-2-4-7(8)9(11)6-14(10,12)13/h2-5,9,11H,6H2,1H3/t9-/m0/s1. The summed E-state index contributed by atoms with van der Waals surface area (Å²) in [5.74, 6) is -0.236. The Kier molecular flexibility index (Phi) is 2.01. The van der Waals surface area contributed by atoms with Gasteiger partial charge in [0.2, 0.25) is 10.0 Å². The summed E-state index contributed by atoms with van der Waals surface area (Å²) in [6.07, 6.45) is -0.910. The zero-order valence-corrected chi connectivity index (χ0v) is 8.53. The summed E-state index contributed by atoms with van der Waals surface area (Å²) in [6, 6.07) is 6.97. The maximum absolute atomic E-state index is 11.5. The molecule has 0 amide bonds. The van der Waals surface area contributed by atoms with Crippen molar-refractivity contribution in [2.75, 3.05) is 17.1 Å². The van der Waals surface area contributed by atoms with Gasteiger partial charge >= 0.3 is 0 Å². The second kappa shape index (κ2) is 2.96. The summed E-state index contributed by atoms with van der Waals surface area (Å²) in [7, 11) is -1.84. The number of aliphatic hydroxyl groups excluding tert-OH is 1. The van der Waals surface area contributed by atoms with Crippen LogP contribution in [0.4, 0.5) is 5.69 Å². The number of fused-ring (bicyclic) bond motifs is 1. The van der Waals surface area contributed by atoms with Gasteiger partial charge in [-0.1, -0.05) is 18.2 Å². The van der Waals surface area contributed by atoms with E-state index in [0.29, 0.717) is 11.3 Å². The van der Waals surface area contributed by atoms with Crippen molar-refractivity contribution in [1.82, 2.24) is 0 Å². The molecule has 1 N–H and O–H groups in total. The number of sulfonamides is 1. The van der Waals surface area contributed by atoms with Gasteiger partial charge in [-0.25, -0.2) is 8.42 Å². The summed E-state index contributed by atoms with van der Waals surface area (Å²) in [5, 5.41) is 9.61. The Hall–Kier alpha value is -1.07. The third-order valence-electron chi connectivity index (χ3n) is 2.42. The molecule has 0 spiro atoms. The van der Waals surface area contributed by atoms with Gasteiger partial charge in [0, 0.05) is 12.6 Å². The Morgan fingerprint density at radius 3 is 2.79 bits per heavy atom. The van der Waals surface area contributed by atoms with Crippen molar-refractivity contribution in [3.05, 3.63) is 29.8 Å². The van der Waals surface area contributed by atoms with Crippen LogP contribution in [0.15, 0.2) is 24.3 Å². The van der Waals surface area contributed by atoms with Crippen LogP contribution in [0.1, 0.15) is 11.7 Å². The fourth-order valence-electron chi connectivity index (χ4n) is 1.61. The molecule has 0 aromatic heterocycles. The van der Waals surface area contributed by atoms with Crippen molar-refractivity contribution >= 4 is 15.7 Å². The van der Waals surface area contributed by atoms with Crippen LogP contribution in [0.2, 0.25) is 0 Å². The topological polar surface area (TPSA) is 57.6 Å². The highest BCUT2D eigenvalue weighted by atomic mass is 32.2. The lowest BCUT2D eigenvalue weighted by atomic mass is 10.1. The normalized spacial score (nSPS) is 24.4. The molecule has 4 nitrogen and oxygen atoms in total. The quantitative estimate of drug-likeness (QED) is 0.682. The van der Waals surface area contributed by atoms with E-state index in [1.54, 1.807) is 24.3 Å². The number of nitrogens with zero attached hydrogens (tertiary/aromatic N) is 1. The van der Waals surface area contributed by atoms with Gasteiger partial charge in [0.1, 0.15) is 0 Å². The van der Waals surface area contributed by atoms with E-state index in [-0.39, 0.29) is 5.75 Å². The molecule has 2 rings (SSSR count). The van der Waals surface area contributed by atoms with E-state index in [2.05, 4.69) is 0 Å². The van der Waals surface area contributed by atoms with Gasteiger partial charge in [-0.2, -0.15) is 0 Å². The monoisotopic (exact) mass is 213 g/mol. The molecule has 1 heterocycles. The number of anilines is 1. The summed E-state index contributed by atoms with van der Waals surface area (Å²) in [4.78, 5) is 0. The van der Waals surface area contributed by atoms with E-state index in [4.69, 9.17) is 0 Å². The molecule has 1 aromatic rings. The lowest BCUT2D eigenvalue weighted by Crippen LogP contribution is -2.36. The molecule has 5 heteroatoms. The van der Waals surface area contributed by atoms with Gasteiger partial charge in [-0.15, -0.1) is 0 Å². The van der Waals surface area contributed by atoms with Crippen molar-refractivity contribution in [1.29, 1.82) is 0 Å². The maximum Gasteiger partial charge on any atom is 0.237 e. The Bertz CT molecular complexity index is 455. The fraction of sp³-hybridized carbons (Fsp3) is 0.333. The average Bonchev–Trinajstić information content (AvgIpc) is 2.14. The molecular formula is C9H11NO3S. The van der Waals surface area contributed by atoms with Crippen LogP contribution >= 0.6 is 0 Å². The molecule has 76 valence electrons. The number of rotatable bonds is 0. The first-order valence-electron chi connectivity index (χ1n) is 4.26. The Labute approximate surface area is 82.8 Å². The molecule has 0 aliphatic carbocycles. The first-order valence-corrected chi connectivity index (χ1v) is 5.87. The maximum atomic E-state index is 11.5. The van der Waals surface area contributed by atoms with Crippen LogP contribution in [-0.2, 0) is 10.0 Å². The van der Waals surface area contributed by atoms with Crippen molar-refractivity contribution < 1.29 is 13.5 Å². The number of hydrogen-bond donors (Lipinski definition) is 1. The zero-order chi connectivity index (χ0) is 10.3. The van der Waals surface area contributed by atoms with Crippen molar-refractivity contribution in [2.24, 2.45) is 0 Å². The van der Waals surface area contributed by atoms with Crippen LogP contribution < -0.4 is 4.31 Å². The SMILES string of the molecule is CN1c2ccccc2[C@@H](O)CS1(=O)=O. The molecule has 0 saturated carbocycles. The van der Waals surface area contributed by atoms with Crippen LogP contribution in [0.25, 0.3) is 0 Å². The molecule has 0 saturated heterocycles. The third kappa shape index (κ3) is 1.29. The number of aliphatic hydroxyl groups is 1. The van der Waals surface area contributed by atoms with E-state index < -0.39 is 16.1 Å². The molecule has 0 fully saturated rings. The summed E-state index contributed by atoms with van der Waals surface area (Å²) < 4.78 is 24.3. The molecular weight excluding hydrogens is 202 g/mol. The average molecular weight is 213 g/mol. The molecule has 1 aliphatic rings. The highest BCUT2D eigenvalue weighted by Gasteiger charge is 2.32. The minimum Gasteiger partial charge on any atom is -0.387 e. The molecule has 0 unspecified atom stereocenters. The van der Waals surface area contributed by atoms with Gasteiger partial charge in [-0.05, 0) is 6.07 Å². The minimum absolute atomic E-state index is 0.236. The highest BCUT2D eigenvalue weighted by Crippen LogP contribution is 2.33. The second-order valence-electron chi connectivity index (χ2n) is 3.32. The van der Waals surface area contributed by atoms with Crippen LogP contribution in [0, 0.1) is 0 Å². The van der Waals surface area contributed by atoms with Gasteiger partial charge < -0.3 is 5.11 Å². The summed E-state index contributed by atoms with van der Waals surface area (Å²) >= 11 is 0. The number of benzene rings is 1. The van der Waals surface area contributed by atoms with E-state index in [1.807, 2.05) is 0 Å². The fourth-order valence-corrected chi connectivity index (χ4v) is 2.88. The zero-order valence-electron chi connectivity index (χ0n) is 7.71. The van der Waals surface area contributed by atoms with Crippen molar-refractivity contribution in [3.63, 3.8) is 0 Å². The highest BCUT2D eigenvalue weighted by molar-refractivity contribution is 7.92. The Morgan fingerprint density at radius 2 is 2.07 bits per heavy atom. The molecule has 1 aliphatic heterocycles. The first kappa shape index (κ1) is 9.48. The van der Waals surface area contributed by atoms with E-state index >= 15 is 0 Å².